The first-order chi connectivity index (χ1) is 11.0. The van der Waals surface area contributed by atoms with Crippen LogP contribution in [0.15, 0.2) is 41.3 Å². The molecule has 4 N–H and O–H groups in total. The summed E-state index contributed by atoms with van der Waals surface area (Å²) < 4.78 is 1.49. The van der Waals surface area contributed by atoms with Gasteiger partial charge in [-0.2, -0.15) is 4.98 Å². The number of aromatic nitrogens is 2. The van der Waals surface area contributed by atoms with Crippen LogP contribution in [0.4, 0.5) is 5.82 Å². The maximum atomic E-state index is 11.8. The van der Waals surface area contributed by atoms with Crippen molar-refractivity contribution in [1.29, 1.82) is 0 Å². The average molecular weight is 311 g/mol. The number of nitrogens with two attached hydrogens (primary N) is 2. The number of hydrogen-bond acceptors (Lipinski definition) is 5. The topological polar surface area (TPSA) is 90.2 Å². The molecule has 1 aliphatic carbocycles. The maximum absolute atomic E-state index is 11.8. The number of nitrogens with zero attached hydrogens (tertiary/aromatic N) is 3. The predicted octanol–water partition coefficient (Wildman–Crippen LogP) is 0.738. The normalized spacial score (nSPS) is 20.2. The molecule has 23 heavy (non-hydrogen) atoms. The molecule has 2 aliphatic rings. The van der Waals surface area contributed by atoms with Gasteiger partial charge in [0.25, 0.3) is 0 Å². The lowest BCUT2D eigenvalue weighted by Gasteiger charge is -2.58. The van der Waals surface area contributed by atoms with Gasteiger partial charge in [0, 0.05) is 31.9 Å². The SMILES string of the molecule is Nc1ccn(-c2ccc(CN3CC4(CC(N)C4)C3)cc2)c(=O)n1. The Labute approximate surface area is 134 Å². The summed E-state index contributed by atoms with van der Waals surface area (Å²) in [6.07, 6.45) is 4.00. The number of nitrogen functional groups attached to an aromatic ring is 1. The molecule has 0 amide bonds. The van der Waals surface area contributed by atoms with E-state index in [1.54, 1.807) is 12.3 Å². The van der Waals surface area contributed by atoms with Gasteiger partial charge in [0.15, 0.2) is 0 Å². The van der Waals surface area contributed by atoms with E-state index in [-0.39, 0.29) is 11.5 Å². The highest BCUT2D eigenvalue weighted by Crippen LogP contribution is 2.47. The quantitative estimate of drug-likeness (QED) is 0.872. The van der Waals surface area contributed by atoms with Crippen LogP contribution in [0.1, 0.15) is 18.4 Å². The number of hydrogen-bond donors (Lipinski definition) is 2. The molecule has 0 unspecified atom stereocenters. The van der Waals surface area contributed by atoms with Crippen LogP contribution in [0.25, 0.3) is 5.69 Å². The van der Waals surface area contributed by atoms with E-state index in [9.17, 15) is 4.79 Å². The van der Waals surface area contributed by atoms with E-state index in [0.717, 1.165) is 25.3 Å². The molecule has 0 atom stereocenters. The first kappa shape index (κ1) is 14.4. The van der Waals surface area contributed by atoms with Crippen LogP contribution in [0.3, 0.4) is 0 Å². The van der Waals surface area contributed by atoms with Crippen LogP contribution in [0.2, 0.25) is 0 Å². The molecule has 2 fully saturated rings. The Balaban J connectivity index is 1.42. The molecular formula is C17H21N5O. The summed E-state index contributed by atoms with van der Waals surface area (Å²) in [4.78, 5) is 18.1. The highest BCUT2D eigenvalue weighted by Gasteiger charge is 2.50. The second-order valence-electron chi connectivity index (χ2n) is 6.98. The fourth-order valence-corrected chi connectivity index (χ4v) is 3.96. The van der Waals surface area contributed by atoms with Crippen LogP contribution in [0, 0.1) is 5.41 Å². The molecule has 1 aliphatic heterocycles. The van der Waals surface area contributed by atoms with Gasteiger partial charge >= 0.3 is 5.69 Å². The molecule has 1 aromatic carbocycles. The molecule has 1 saturated carbocycles. The molecule has 2 aromatic rings. The van der Waals surface area contributed by atoms with Crippen molar-refractivity contribution in [3.8, 4) is 5.69 Å². The zero-order chi connectivity index (χ0) is 16.0. The molecule has 0 radical (unpaired) electrons. The van der Waals surface area contributed by atoms with Gasteiger partial charge in [-0.05, 0) is 42.0 Å². The molecular weight excluding hydrogens is 290 g/mol. The number of rotatable bonds is 3. The lowest BCUT2D eigenvalue weighted by atomic mass is 9.61. The molecule has 1 aromatic heterocycles. The second kappa shape index (κ2) is 5.18. The molecule has 4 rings (SSSR count). The Morgan fingerprint density at radius 3 is 2.48 bits per heavy atom. The predicted molar refractivity (Wildman–Crippen MR) is 89.2 cm³/mol. The third-order valence-corrected chi connectivity index (χ3v) is 4.95. The molecule has 6 heteroatoms. The largest absolute Gasteiger partial charge is 0.383 e. The van der Waals surface area contributed by atoms with Crippen LogP contribution < -0.4 is 17.2 Å². The van der Waals surface area contributed by atoms with Crippen molar-refractivity contribution in [2.75, 3.05) is 18.8 Å². The molecule has 120 valence electrons. The third kappa shape index (κ3) is 2.64. The molecule has 1 saturated heterocycles. The minimum Gasteiger partial charge on any atom is -0.383 e. The first-order valence-corrected chi connectivity index (χ1v) is 7.96. The lowest BCUT2D eigenvalue weighted by molar-refractivity contribution is -0.0752. The Morgan fingerprint density at radius 1 is 1.17 bits per heavy atom. The van der Waals surface area contributed by atoms with E-state index in [1.807, 2.05) is 12.1 Å². The van der Waals surface area contributed by atoms with Crippen molar-refractivity contribution in [2.24, 2.45) is 11.1 Å². The van der Waals surface area contributed by atoms with Crippen LogP contribution in [-0.2, 0) is 6.54 Å². The summed E-state index contributed by atoms with van der Waals surface area (Å²) >= 11 is 0. The molecule has 6 nitrogen and oxygen atoms in total. The van der Waals surface area contributed by atoms with E-state index in [1.165, 1.54) is 23.0 Å². The van der Waals surface area contributed by atoms with Gasteiger partial charge in [-0.3, -0.25) is 9.47 Å². The van der Waals surface area contributed by atoms with Crippen LogP contribution in [-0.4, -0.2) is 33.6 Å². The van der Waals surface area contributed by atoms with Gasteiger partial charge in [0.2, 0.25) is 0 Å². The van der Waals surface area contributed by atoms with Crippen molar-refractivity contribution >= 4 is 5.82 Å². The van der Waals surface area contributed by atoms with E-state index in [0.29, 0.717) is 11.5 Å². The van der Waals surface area contributed by atoms with E-state index in [2.05, 4.69) is 22.0 Å². The summed E-state index contributed by atoms with van der Waals surface area (Å²) in [7, 11) is 0. The van der Waals surface area contributed by atoms with Gasteiger partial charge in [-0.25, -0.2) is 4.79 Å². The van der Waals surface area contributed by atoms with Crippen molar-refractivity contribution < 1.29 is 0 Å². The monoisotopic (exact) mass is 311 g/mol. The number of likely N-dealkylation sites (tertiary alicyclic amines) is 1. The van der Waals surface area contributed by atoms with Gasteiger partial charge in [0.05, 0.1) is 5.69 Å². The number of benzene rings is 1. The summed E-state index contributed by atoms with van der Waals surface area (Å²) in [5, 5.41) is 0. The summed E-state index contributed by atoms with van der Waals surface area (Å²) in [5.74, 6) is 0.241. The highest BCUT2D eigenvalue weighted by atomic mass is 16.1. The maximum Gasteiger partial charge on any atom is 0.354 e. The van der Waals surface area contributed by atoms with Crippen molar-refractivity contribution in [2.45, 2.75) is 25.4 Å². The minimum absolute atomic E-state index is 0.241. The highest BCUT2D eigenvalue weighted by molar-refractivity contribution is 5.36. The number of anilines is 1. The molecule has 0 bridgehead atoms. The molecule has 1 spiro atoms. The van der Waals surface area contributed by atoms with Crippen LogP contribution >= 0.6 is 0 Å². The molecule has 2 heterocycles. The fraction of sp³-hybridized carbons (Fsp3) is 0.412. The fourth-order valence-electron chi connectivity index (χ4n) is 3.96. The van der Waals surface area contributed by atoms with E-state index < -0.39 is 0 Å². The Morgan fingerprint density at radius 2 is 1.87 bits per heavy atom. The van der Waals surface area contributed by atoms with Gasteiger partial charge < -0.3 is 11.5 Å². The van der Waals surface area contributed by atoms with E-state index >= 15 is 0 Å². The van der Waals surface area contributed by atoms with E-state index in [4.69, 9.17) is 11.5 Å². The summed E-state index contributed by atoms with van der Waals surface area (Å²) in [6.45, 7) is 3.26. The van der Waals surface area contributed by atoms with Crippen LogP contribution in [0.5, 0.6) is 0 Å². The van der Waals surface area contributed by atoms with Gasteiger partial charge in [0.1, 0.15) is 5.82 Å². The van der Waals surface area contributed by atoms with Gasteiger partial charge in [-0.15, -0.1) is 0 Å². The lowest BCUT2D eigenvalue weighted by Crippen LogP contribution is -2.64. The smallest absolute Gasteiger partial charge is 0.354 e. The second-order valence-corrected chi connectivity index (χ2v) is 6.98. The minimum atomic E-state index is -0.358. The Bertz CT molecular complexity index is 768. The third-order valence-electron chi connectivity index (χ3n) is 4.95. The summed E-state index contributed by atoms with van der Waals surface area (Å²) in [5.41, 5.74) is 13.6. The van der Waals surface area contributed by atoms with Crippen molar-refractivity contribution in [3.05, 3.63) is 52.6 Å². The first-order valence-electron chi connectivity index (χ1n) is 7.96. The zero-order valence-corrected chi connectivity index (χ0v) is 13.0. The average Bonchev–Trinajstić information content (AvgIpc) is 2.45. The van der Waals surface area contributed by atoms with Crippen molar-refractivity contribution in [1.82, 2.24) is 14.5 Å². The summed E-state index contributed by atoms with van der Waals surface area (Å²) in [6, 6.07) is 10.1. The standard InChI is InChI=1S/C17H21N5O/c18-13-7-17(8-13)10-21(11-17)9-12-1-3-14(4-2-12)22-6-5-15(19)20-16(22)23/h1-6,13H,7-11,18H2,(H2,19,20,23). The Hall–Kier alpha value is -2.18. The Kier molecular flexibility index (Phi) is 3.25. The van der Waals surface area contributed by atoms with Gasteiger partial charge in [-0.1, -0.05) is 12.1 Å². The van der Waals surface area contributed by atoms with Crippen molar-refractivity contribution in [3.63, 3.8) is 0 Å². The zero-order valence-electron chi connectivity index (χ0n) is 13.0.